The summed E-state index contributed by atoms with van der Waals surface area (Å²) in [5, 5.41) is 8.76. The smallest absolute Gasteiger partial charge is 0.0718 e. The third-order valence-corrected chi connectivity index (χ3v) is 18.7. The highest BCUT2D eigenvalue weighted by Gasteiger charge is 2.61. The predicted octanol–water partition coefficient (Wildman–Crippen LogP) is 8.27. The van der Waals surface area contributed by atoms with E-state index in [1.807, 2.05) is 0 Å². The van der Waals surface area contributed by atoms with E-state index < -0.39 is 0 Å². The number of nitrogens with zero attached hydrogens (tertiary/aromatic N) is 6. The minimum atomic E-state index is 0.342. The second-order valence-corrected chi connectivity index (χ2v) is 28.6. The normalized spacial score (nSPS) is 36.2. The number of aliphatic hydroxyl groups excluding tert-OH is 1. The molecule has 10 atom stereocenters. The van der Waals surface area contributed by atoms with Gasteiger partial charge in [-0.3, -0.25) is 19.6 Å². The zero-order chi connectivity index (χ0) is 48.8. The summed E-state index contributed by atoms with van der Waals surface area (Å²) in [4.78, 5) is 15.4. The van der Waals surface area contributed by atoms with Crippen molar-refractivity contribution < 1.29 is 19.3 Å². The van der Waals surface area contributed by atoms with Gasteiger partial charge in [0.2, 0.25) is 0 Å². The van der Waals surface area contributed by atoms with E-state index >= 15 is 0 Å². The third kappa shape index (κ3) is 14.2. The van der Waals surface area contributed by atoms with Gasteiger partial charge in [-0.1, -0.05) is 62.3 Å². The van der Waals surface area contributed by atoms with Crippen molar-refractivity contribution in [3.05, 3.63) is 0 Å². The summed E-state index contributed by atoms with van der Waals surface area (Å²) in [6.07, 6.45) is 5.72. The summed E-state index contributed by atoms with van der Waals surface area (Å²) in [5.74, 6) is 8.98. The van der Waals surface area contributed by atoms with Gasteiger partial charge in [-0.15, -0.1) is 0 Å². The Bertz CT molecular complexity index is 1480. The SMILES string of the molecule is CC(C)(C)C1CN(C2COC2)C1.CC(C)(C)C1[C@H]2CN(C3COC3)C[C@@H]12.CC(C)(C)C1[C@H]2CN(CCCO)C[C@@H]12.CC(C)(C)N1CC2CC2C1.CC(C)N1CC2C[C@H]1CO2.CC(C)N1CCC1. The van der Waals surface area contributed by atoms with Crippen LogP contribution in [0, 0.1) is 69.5 Å². The first kappa shape index (κ1) is 54.4. The van der Waals surface area contributed by atoms with E-state index in [0.29, 0.717) is 40.5 Å². The van der Waals surface area contributed by atoms with E-state index in [4.69, 9.17) is 19.3 Å². The number of hydrogen-bond donors (Lipinski definition) is 1. The van der Waals surface area contributed by atoms with E-state index in [0.717, 1.165) is 123 Å². The summed E-state index contributed by atoms with van der Waals surface area (Å²) in [6, 6.07) is 3.75. The maximum absolute atomic E-state index is 8.76. The standard InChI is InChI=1S/C12H21NO.C12H23NO.C10H19NO.C9H17N.C8H15NO.C6H13N/c1-12(2,3)11-9-4-13(5-10(9)11)8-6-14-7-8;1-12(2,3)11-9-7-13(5-4-6-14)8-10(9)11;1-10(2,3)8-4-11(5-8)9-6-12-7-9;1-9(2,3)10-5-7-4-8(7)6-10;1-6(2)9-4-8-3-7(9)5-10-8;1-6(2)7-4-3-5-7/h8-11H,4-7H2,1-3H3;9-11,14H,4-8H2,1-3H3;8-9H,4-7H2,1-3H3;7-8H,4-6H2,1-3H3;6-8H,3-5H2,1-2H3;6H,3-5H2,1-2H3/t2*9-,10+,11?;;;7-,8?;/m....0./s1. The zero-order valence-corrected chi connectivity index (χ0v) is 46.6. The maximum atomic E-state index is 8.76. The summed E-state index contributed by atoms with van der Waals surface area (Å²) < 4.78 is 15.9. The average molecular weight is 942 g/mol. The molecule has 12 fully saturated rings. The molecule has 3 saturated carbocycles. The Labute approximate surface area is 413 Å². The van der Waals surface area contributed by atoms with Gasteiger partial charge in [-0.2, -0.15) is 0 Å². The third-order valence-electron chi connectivity index (χ3n) is 18.7. The Kier molecular flexibility index (Phi) is 17.8. The molecule has 3 aliphatic carbocycles. The number of piperidine rings is 3. The monoisotopic (exact) mass is 941 g/mol. The highest BCUT2D eigenvalue weighted by molar-refractivity contribution is 5.11. The Morgan fingerprint density at radius 2 is 1.03 bits per heavy atom. The number of aliphatic hydroxyl groups is 1. The van der Waals surface area contributed by atoms with Gasteiger partial charge < -0.3 is 29.1 Å². The number of rotatable bonds is 7. The molecule has 0 aromatic rings. The molecule has 0 aromatic carbocycles. The Morgan fingerprint density at radius 1 is 0.537 bits per heavy atom. The lowest BCUT2D eigenvalue weighted by Crippen LogP contribution is -2.61. The van der Waals surface area contributed by atoms with Crippen LogP contribution in [0.15, 0.2) is 0 Å². The molecule has 1 N–H and O–H groups in total. The van der Waals surface area contributed by atoms with Crippen LogP contribution in [0.1, 0.15) is 136 Å². The lowest BCUT2D eigenvalue weighted by atomic mass is 9.75. The summed E-state index contributed by atoms with van der Waals surface area (Å²) in [5.41, 5.74) is 1.98. The molecule has 0 radical (unpaired) electrons. The second-order valence-electron chi connectivity index (χ2n) is 28.6. The molecule has 0 amide bonds. The Balaban J connectivity index is 0.000000121. The van der Waals surface area contributed by atoms with Gasteiger partial charge in [0.25, 0.3) is 0 Å². The molecule has 0 aromatic heterocycles. The van der Waals surface area contributed by atoms with Crippen LogP contribution in [0.25, 0.3) is 0 Å². The van der Waals surface area contributed by atoms with E-state index in [2.05, 4.69) is 140 Å². The molecule has 9 heterocycles. The van der Waals surface area contributed by atoms with Crippen molar-refractivity contribution in [1.82, 2.24) is 29.4 Å². The number of likely N-dealkylation sites (tertiary alicyclic amines) is 6. The van der Waals surface area contributed by atoms with Crippen molar-refractivity contribution in [3.8, 4) is 0 Å². The van der Waals surface area contributed by atoms with Crippen LogP contribution < -0.4 is 0 Å². The summed E-state index contributed by atoms with van der Waals surface area (Å²) >= 11 is 0. The molecule has 2 bridgehead atoms. The van der Waals surface area contributed by atoms with Gasteiger partial charge in [0.15, 0.2) is 0 Å². The van der Waals surface area contributed by atoms with Crippen molar-refractivity contribution in [1.29, 1.82) is 0 Å². The Morgan fingerprint density at radius 3 is 1.31 bits per heavy atom. The Hall–Kier alpha value is -0.400. The summed E-state index contributed by atoms with van der Waals surface area (Å²) in [7, 11) is 0. The van der Waals surface area contributed by atoms with Crippen LogP contribution in [-0.4, -0.2) is 195 Å². The molecule has 12 rings (SSSR count). The van der Waals surface area contributed by atoms with Crippen LogP contribution in [0.2, 0.25) is 0 Å². The molecule has 10 nitrogen and oxygen atoms in total. The fraction of sp³-hybridized carbons (Fsp3) is 1.00. The first-order valence-corrected chi connectivity index (χ1v) is 28.2. The van der Waals surface area contributed by atoms with E-state index in [1.54, 1.807) is 0 Å². The number of ether oxygens (including phenoxy) is 3. The molecule has 10 heteroatoms. The van der Waals surface area contributed by atoms with E-state index in [-0.39, 0.29) is 0 Å². The molecule has 5 unspecified atom stereocenters. The average Bonchev–Trinajstić information content (AvgIpc) is 3.86. The van der Waals surface area contributed by atoms with E-state index in [1.165, 1.54) is 91.3 Å². The zero-order valence-electron chi connectivity index (χ0n) is 46.6. The van der Waals surface area contributed by atoms with Gasteiger partial charge in [0.05, 0.1) is 51.2 Å². The van der Waals surface area contributed by atoms with Crippen LogP contribution >= 0.6 is 0 Å². The predicted molar refractivity (Wildman–Crippen MR) is 278 cm³/mol. The largest absolute Gasteiger partial charge is 0.396 e. The van der Waals surface area contributed by atoms with Gasteiger partial charge in [-0.25, -0.2) is 0 Å². The maximum Gasteiger partial charge on any atom is 0.0718 e. The second kappa shape index (κ2) is 22.0. The van der Waals surface area contributed by atoms with Crippen LogP contribution in [0.4, 0.5) is 0 Å². The van der Waals surface area contributed by atoms with Crippen LogP contribution in [0.5, 0.6) is 0 Å². The first-order valence-electron chi connectivity index (χ1n) is 28.2. The van der Waals surface area contributed by atoms with Gasteiger partial charge >= 0.3 is 0 Å². The van der Waals surface area contributed by atoms with Crippen LogP contribution in [0.3, 0.4) is 0 Å². The number of morpholine rings is 1. The molecule has 12 aliphatic rings. The first-order chi connectivity index (χ1) is 31.3. The van der Waals surface area contributed by atoms with Crippen LogP contribution in [-0.2, 0) is 14.2 Å². The fourth-order valence-electron chi connectivity index (χ4n) is 13.6. The minimum Gasteiger partial charge on any atom is -0.396 e. The van der Waals surface area contributed by atoms with Gasteiger partial charge in [0, 0.05) is 95.7 Å². The molecular weight excluding hydrogens is 833 g/mol. The molecule has 9 aliphatic heterocycles. The van der Waals surface area contributed by atoms with Gasteiger partial charge in [-0.05, 0) is 157 Å². The molecule has 9 saturated heterocycles. The highest BCUT2D eigenvalue weighted by Crippen LogP contribution is 2.61. The quantitative estimate of drug-likeness (QED) is 0.270. The van der Waals surface area contributed by atoms with Crippen molar-refractivity contribution in [3.63, 3.8) is 0 Å². The minimum absolute atomic E-state index is 0.342. The summed E-state index contributed by atoms with van der Waals surface area (Å²) in [6.45, 7) is 58.0. The lowest BCUT2D eigenvalue weighted by Gasteiger charge is -2.51. The highest BCUT2D eigenvalue weighted by atomic mass is 16.5. The van der Waals surface area contributed by atoms with Gasteiger partial charge in [0.1, 0.15) is 0 Å². The molecule has 0 spiro atoms. The lowest BCUT2D eigenvalue weighted by molar-refractivity contribution is -0.117. The number of fused-ring (bicyclic) bond motifs is 5. The molecule has 67 heavy (non-hydrogen) atoms. The number of hydrogen-bond acceptors (Lipinski definition) is 10. The van der Waals surface area contributed by atoms with Crippen molar-refractivity contribution >= 4 is 0 Å². The molecular formula is C57H108N6O4. The van der Waals surface area contributed by atoms with Crippen molar-refractivity contribution in [2.75, 3.05) is 118 Å². The van der Waals surface area contributed by atoms with Crippen molar-refractivity contribution in [2.45, 2.75) is 178 Å². The topological polar surface area (TPSA) is 67.4 Å². The van der Waals surface area contributed by atoms with Crippen molar-refractivity contribution in [2.24, 2.45) is 69.5 Å². The van der Waals surface area contributed by atoms with E-state index in [9.17, 15) is 0 Å². The fourth-order valence-corrected chi connectivity index (χ4v) is 13.6. The molecule has 390 valence electrons.